The summed E-state index contributed by atoms with van der Waals surface area (Å²) in [5, 5.41) is 3.84. The number of nitrogens with zero attached hydrogens (tertiary/aromatic N) is 2. The molecule has 4 rings (SSSR count). The van der Waals surface area contributed by atoms with Gasteiger partial charge >= 0.3 is 0 Å². The van der Waals surface area contributed by atoms with E-state index in [-0.39, 0.29) is 22.2 Å². The van der Waals surface area contributed by atoms with E-state index in [0.29, 0.717) is 23.7 Å². The minimum atomic E-state index is -1.04. The summed E-state index contributed by atoms with van der Waals surface area (Å²) in [7, 11) is 0. The second-order valence-corrected chi connectivity index (χ2v) is 10.6. The number of aromatic amines is 1. The molecule has 0 aliphatic rings. The van der Waals surface area contributed by atoms with Gasteiger partial charge in [0.1, 0.15) is 10.9 Å². The van der Waals surface area contributed by atoms with Crippen molar-refractivity contribution in [2.75, 3.05) is 17.2 Å². The fourth-order valence-electron chi connectivity index (χ4n) is 4.51. The number of benzene rings is 2. The van der Waals surface area contributed by atoms with Gasteiger partial charge in [0.15, 0.2) is 5.69 Å². The quantitative estimate of drug-likeness (QED) is 0.251. The Balaban J connectivity index is 1.93. The van der Waals surface area contributed by atoms with Gasteiger partial charge in [-0.1, -0.05) is 38.1 Å². The molecule has 0 saturated carbocycles. The third-order valence-electron chi connectivity index (χ3n) is 6.30. The highest BCUT2D eigenvalue weighted by molar-refractivity contribution is 7.09. The van der Waals surface area contributed by atoms with E-state index < -0.39 is 17.9 Å². The van der Waals surface area contributed by atoms with Gasteiger partial charge in [0.2, 0.25) is 5.91 Å². The number of carbonyl (C=O) groups excluding carboxylic acids is 3. The Morgan fingerprint density at radius 2 is 1.79 bits per heavy atom. The number of nitrogens with one attached hydrogen (secondary N) is 2. The number of nitrogens with two attached hydrogens (primary N) is 2. The summed E-state index contributed by atoms with van der Waals surface area (Å²) in [5.74, 6) is -1.31. The number of hydrogen-bond acceptors (Lipinski definition) is 6. The highest BCUT2D eigenvalue weighted by Crippen LogP contribution is 2.36. The van der Waals surface area contributed by atoms with Gasteiger partial charge in [0.05, 0.1) is 5.69 Å². The van der Waals surface area contributed by atoms with Crippen LogP contribution in [0.3, 0.4) is 0 Å². The Hall–Kier alpha value is -4.18. The van der Waals surface area contributed by atoms with Gasteiger partial charge in [-0.3, -0.25) is 19.3 Å². The molecular formula is C28H32N6O3S. The number of aromatic nitrogens is 2. The molecule has 0 bridgehead atoms. The summed E-state index contributed by atoms with van der Waals surface area (Å²) in [4.78, 5) is 44.7. The van der Waals surface area contributed by atoms with E-state index in [4.69, 9.17) is 11.5 Å². The van der Waals surface area contributed by atoms with Crippen molar-refractivity contribution in [3.63, 3.8) is 0 Å². The fraction of sp³-hybridized carbons (Fsp3) is 0.286. The van der Waals surface area contributed by atoms with Gasteiger partial charge in [-0.05, 0) is 67.0 Å². The Kier molecular flexibility index (Phi) is 7.82. The highest BCUT2D eigenvalue weighted by atomic mass is 32.1. The number of amides is 3. The first-order valence-corrected chi connectivity index (χ1v) is 13.2. The lowest BCUT2D eigenvalue weighted by Crippen LogP contribution is -2.44. The molecule has 10 heteroatoms. The van der Waals surface area contributed by atoms with Crippen molar-refractivity contribution in [1.29, 1.82) is 0 Å². The van der Waals surface area contributed by atoms with Crippen LogP contribution in [0.5, 0.6) is 0 Å². The molecule has 0 aliphatic heterocycles. The van der Waals surface area contributed by atoms with Crippen LogP contribution in [0.1, 0.15) is 63.2 Å². The van der Waals surface area contributed by atoms with Crippen LogP contribution in [-0.4, -0.2) is 33.6 Å². The maximum absolute atomic E-state index is 14.3. The van der Waals surface area contributed by atoms with Crippen molar-refractivity contribution in [1.82, 2.24) is 14.7 Å². The summed E-state index contributed by atoms with van der Waals surface area (Å²) in [6.07, 6.45) is 2.54. The summed E-state index contributed by atoms with van der Waals surface area (Å²) < 4.78 is 4.02. The number of hydrogen-bond donors (Lipinski definition) is 4. The molecule has 4 aromatic rings. The van der Waals surface area contributed by atoms with Crippen molar-refractivity contribution in [2.45, 2.75) is 40.2 Å². The zero-order chi connectivity index (χ0) is 27.6. The average Bonchev–Trinajstić information content (AvgIpc) is 3.44. The first-order valence-electron chi connectivity index (χ1n) is 12.4. The fourth-order valence-corrected chi connectivity index (χ4v) is 5.25. The van der Waals surface area contributed by atoms with Crippen LogP contribution in [0.15, 0.2) is 48.7 Å². The first-order chi connectivity index (χ1) is 18.1. The van der Waals surface area contributed by atoms with Crippen LogP contribution >= 0.6 is 11.5 Å². The molecule has 1 atom stereocenters. The van der Waals surface area contributed by atoms with Crippen molar-refractivity contribution in [2.24, 2.45) is 11.7 Å². The largest absolute Gasteiger partial charge is 0.395 e. The van der Waals surface area contributed by atoms with E-state index in [9.17, 15) is 14.4 Å². The zero-order valence-electron chi connectivity index (χ0n) is 21.9. The third-order valence-corrected chi connectivity index (χ3v) is 7.15. The molecule has 3 amide bonds. The number of rotatable bonds is 9. The predicted molar refractivity (Wildman–Crippen MR) is 151 cm³/mol. The van der Waals surface area contributed by atoms with Crippen LogP contribution in [0.2, 0.25) is 0 Å². The lowest BCUT2D eigenvalue weighted by molar-refractivity contribution is -0.122. The van der Waals surface area contributed by atoms with Gasteiger partial charge in [-0.15, -0.1) is 0 Å². The van der Waals surface area contributed by atoms with Crippen LogP contribution < -0.4 is 21.7 Å². The molecule has 0 unspecified atom stereocenters. The minimum absolute atomic E-state index is 0.0396. The van der Waals surface area contributed by atoms with Gasteiger partial charge in [0.25, 0.3) is 11.8 Å². The van der Waals surface area contributed by atoms with Gasteiger partial charge in [-0.25, -0.2) is 0 Å². The van der Waals surface area contributed by atoms with E-state index in [0.717, 1.165) is 40.0 Å². The van der Waals surface area contributed by atoms with Crippen LogP contribution in [0.4, 0.5) is 11.4 Å². The molecule has 38 heavy (non-hydrogen) atoms. The van der Waals surface area contributed by atoms with Gasteiger partial charge in [-0.2, -0.15) is 4.37 Å². The van der Waals surface area contributed by atoms with Crippen molar-refractivity contribution < 1.29 is 14.4 Å². The first kappa shape index (κ1) is 26.9. The van der Waals surface area contributed by atoms with Gasteiger partial charge < -0.3 is 21.8 Å². The maximum atomic E-state index is 14.3. The van der Waals surface area contributed by atoms with Crippen molar-refractivity contribution >= 4 is 51.5 Å². The number of aryl methyl sites for hydroxylation is 2. The smallest absolute Gasteiger partial charge is 0.273 e. The molecule has 198 valence electrons. The number of nitrogen functional groups attached to an aromatic ring is 1. The van der Waals surface area contributed by atoms with Crippen molar-refractivity contribution in [3.8, 4) is 0 Å². The molecule has 0 radical (unpaired) electrons. The SMILES string of the molecule is Cc1cc(C)cc(N(C(=O)c2snc(C(N)=O)c2N)[C@H](C(=O)NCCC(C)C)c2c[nH]c3ccccc23)c1. The molecule has 2 heterocycles. The third kappa shape index (κ3) is 5.40. The van der Waals surface area contributed by atoms with E-state index in [1.54, 1.807) is 6.20 Å². The number of carbonyl (C=O) groups is 3. The minimum Gasteiger partial charge on any atom is -0.395 e. The lowest BCUT2D eigenvalue weighted by Gasteiger charge is -2.31. The number of primary amides is 1. The second-order valence-electron chi connectivity index (χ2n) is 9.82. The number of fused-ring (bicyclic) bond motifs is 1. The maximum Gasteiger partial charge on any atom is 0.273 e. The Labute approximate surface area is 225 Å². The predicted octanol–water partition coefficient (Wildman–Crippen LogP) is 4.47. The van der Waals surface area contributed by atoms with E-state index in [1.165, 1.54) is 4.90 Å². The van der Waals surface area contributed by atoms with Crippen LogP contribution in [0, 0.1) is 19.8 Å². The number of para-hydroxylation sites is 1. The monoisotopic (exact) mass is 532 g/mol. The molecule has 0 aliphatic carbocycles. The Bertz CT molecular complexity index is 1490. The molecule has 6 N–H and O–H groups in total. The zero-order valence-corrected chi connectivity index (χ0v) is 22.7. The van der Waals surface area contributed by atoms with E-state index >= 15 is 0 Å². The number of H-pyrrole nitrogens is 1. The standard InChI is InChI=1S/C28H32N6O3S/c1-15(2)9-10-31-27(36)24(20-14-32-21-8-6-5-7-19(20)21)34(18-12-16(3)11-17(4)13-18)28(37)25-22(29)23(26(30)35)33-38-25/h5-8,11-15,24,32H,9-10,29H2,1-4H3,(H2,30,35)(H,31,36)/t24-/m0/s1. The van der Waals surface area contributed by atoms with Gasteiger partial charge in [0, 0.05) is 34.9 Å². The number of anilines is 2. The van der Waals surface area contributed by atoms with Crippen LogP contribution in [-0.2, 0) is 4.79 Å². The lowest BCUT2D eigenvalue weighted by atomic mass is 10.0. The normalized spacial score (nSPS) is 12.0. The molecule has 9 nitrogen and oxygen atoms in total. The summed E-state index contributed by atoms with van der Waals surface area (Å²) in [5.41, 5.74) is 15.2. The summed E-state index contributed by atoms with van der Waals surface area (Å²) >= 11 is 0.789. The van der Waals surface area contributed by atoms with E-state index in [1.807, 2.05) is 56.3 Å². The Morgan fingerprint density at radius 1 is 1.11 bits per heavy atom. The summed E-state index contributed by atoms with van der Waals surface area (Å²) in [6, 6.07) is 12.3. The molecule has 0 spiro atoms. The molecular weight excluding hydrogens is 500 g/mol. The molecule has 2 aromatic carbocycles. The Morgan fingerprint density at radius 3 is 2.42 bits per heavy atom. The second kappa shape index (κ2) is 11.1. The van der Waals surface area contributed by atoms with Crippen molar-refractivity contribution in [3.05, 3.63) is 75.9 Å². The molecule has 0 saturated heterocycles. The average molecular weight is 533 g/mol. The van der Waals surface area contributed by atoms with E-state index in [2.05, 4.69) is 28.5 Å². The highest BCUT2D eigenvalue weighted by Gasteiger charge is 2.37. The summed E-state index contributed by atoms with van der Waals surface area (Å²) in [6.45, 7) is 8.47. The molecule has 2 aromatic heterocycles. The molecule has 0 fully saturated rings. The topological polar surface area (TPSA) is 147 Å². The van der Waals surface area contributed by atoms with Crippen LogP contribution in [0.25, 0.3) is 10.9 Å².